The minimum Gasteiger partial charge on any atom is -0.441 e. The van der Waals surface area contributed by atoms with Crippen molar-refractivity contribution in [3.8, 4) is 0 Å². The van der Waals surface area contributed by atoms with Crippen LogP contribution in [0.5, 0.6) is 0 Å². The van der Waals surface area contributed by atoms with Gasteiger partial charge in [0.2, 0.25) is 5.91 Å². The summed E-state index contributed by atoms with van der Waals surface area (Å²) in [6.45, 7) is 1.80. The molecule has 2 aromatic rings. The average Bonchev–Trinajstić information content (AvgIpc) is 2.66. The lowest BCUT2D eigenvalue weighted by Gasteiger charge is -2.37. The van der Waals surface area contributed by atoms with Crippen LogP contribution in [-0.4, -0.2) is 16.4 Å². The highest BCUT2D eigenvalue weighted by atomic mass is 16.3. The first-order valence-electron chi connectivity index (χ1n) is 6.50. The number of aryl methyl sites for hydroxylation is 1. The van der Waals surface area contributed by atoms with E-state index in [1.807, 2.05) is 18.2 Å². The van der Waals surface area contributed by atoms with Gasteiger partial charge in [-0.1, -0.05) is 0 Å². The lowest BCUT2D eigenvalue weighted by molar-refractivity contribution is -0.118. The number of carbonyl (C=O) groups is 1. The van der Waals surface area contributed by atoms with Crippen molar-refractivity contribution in [2.75, 3.05) is 5.32 Å². The van der Waals surface area contributed by atoms with Crippen molar-refractivity contribution in [3.63, 3.8) is 0 Å². The molecule has 0 radical (unpaired) electrons. The molecule has 0 unspecified atom stereocenters. The van der Waals surface area contributed by atoms with E-state index in [1.54, 1.807) is 6.92 Å². The zero-order valence-electron chi connectivity index (χ0n) is 10.9. The van der Waals surface area contributed by atoms with Crippen molar-refractivity contribution in [1.82, 2.24) is 4.98 Å². The van der Waals surface area contributed by atoms with Gasteiger partial charge in [-0.2, -0.15) is 0 Å². The summed E-state index contributed by atoms with van der Waals surface area (Å²) in [6, 6.07) is 5.44. The van der Waals surface area contributed by atoms with Crippen LogP contribution < -0.4 is 11.1 Å². The van der Waals surface area contributed by atoms with Gasteiger partial charge in [-0.25, -0.2) is 4.98 Å². The standard InChI is InChI=1S/C14H17N3O2/c1-9-16-11-7-10(3-4-12(11)19-9)17-13(18)8-14(15)5-2-6-14/h3-4,7H,2,5-6,8,15H2,1H3,(H,17,18). The third kappa shape index (κ3) is 2.46. The Balaban J connectivity index is 1.71. The van der Waals surface area contributed by atoms with E-state index in [2.05, 4.69) is 10.3 Å². The summed E-state index contributed by atoms with van der Waals surface area (Å²) in [5, 5.41) is 2.87. The van der Waals surface area contributed by atoms with E-state index in [1.165, 1.54) is 0 Å². The molecular weight excluding hydrogens is 242 g/mol. The smallest absolute Gasteiger partial charge is 0.226 e. The van der Waals surface area contributed by atoms with Crippen molar-refractivity contribution >= 4 is 22.7 Å². The fraction of sp³-hybridized carbons (Fsp3) is 0.429. The van der Waals surface area contributed by atoms with E-state index >= 15 is 0 Å². The highest BCUT2D eigenvalue weighted by molar-refractivity contribution is 5.93. The van der Waals surface area contributed by atoms with Crippen molar-refractivity contribution in [1.29, 1.82) is 0 Å². The van der Waals surface area contributed by atoms with Crippen molar-refractivity contribution < 1.29 is 9.21 Å². The van der Waals surface area contributed by atoms with Crippen LogP contribution >= 0.6 is 0 Å². The fourth-order valence-electron chi connectivity index (χ4n) is 2.45. The van der Waals surface area contributed by atoms with Crippen molar-refractivity contribution in [2.24, 2.45) is 5.73 Å². The van der Waals surface area contributed by atoms with Gasteiger partial charge in [-0.05, 0) is 37.5 Å². The molecule has 1 aromatic carbocycles. The highest BCUT2D eigenvalue weighted by Gasteiger charge is 2.34. The monoisotopic (exact) mass is 259 g/mol. The maximum atomic E-state index is 11.9. The van der Waals surface area contributed by atoms with Crippen LogP contribution in [0.15, 0.2) is 22.6 Å². The van der Waals surface area contributed by atoms with E-state index in [9.17, 15) is 4.79 Å². The van der Waals surface area contributed by atoms with Gasteiger partial charge in [0.25, 0.3) is 0 Å². The predicted octanol–water partition coefficient (Wildman–Crippen LogP) is 2.35. The SMILES string of the molecule is Cc1nc2cc(NC(=O)CC3(N)CCC3)ccc2o1. The zero-order chi connectivity index (χ0) is 13.5. The minimum absolute atomic E-state index is 0.0400. The molecule has 100 valence electrons. The Bertz CT molecular complexity index is 629. The van der Waals surface area contributed by atoms with Gasteiger partial charge in [-0.3, -0.25) is 4.79 Å². The Morgan fingerprint density at radius 2 is 2.32 bits per heavy atom. The molecule has 0 atom stereocenters. The van der Waals surface area contributed by atoms with Crippen LogP contribution in [0.4, 0.5) is 5.69 Å². The second-order valence-electron chi connectivity index (χ2n) is 5.36. The summed E-state index contributed by atoms with van der Waals surface area (Å²) in [5.41, 5.74) is 7.98. The molecule has 19 heavy (non-hydrogen) atoms. The molecule has 1 heterocycles. The first-order valence-corrected chi connectivity index (χ1v) is 6.50. The van der Waals surface area contributed by atoms with Crippen LogP contribution in [0.3, 0.4) is 0 Å². The first kappa shape index (κ1) is 12.2. The number of nitrogens with zero attached hydrogens (tertiary/aromatic N) is 1. The Kier molecular flexibility index (Phi) is 2.78. The molecule has 3 N–H and O–H groups in total. The largest absolute Gasteiger partial charge is 0.441 e. The minimum atomic E-state index is -0.293. The highest BCUT2D eigenvalue weighted by Crippen LogP contribution is 2.32. The number of rotatable bonds is 3. The summed E-state index contributed by atoms with van der Waals surface area (Å²) in [7, 11) is 0. The fourth-order valence-corrected chi connectivity index (χ4v) is 2.45. The van der Waals surface area contributed by atoms with Crippen LogP contribution in [0.25, 0.3) is 11.1 Å². The number of benzene rings is 1. The van der Waals surface area contributed by atoms with E-state index in [0.717, 1.165) is 36.0 Å². The Morgan fingerprint density at radius 3 is 3.00 bits per heavy atom. The van der Waals surface area contributed by atoms with Gasteiger partial charge in [-0.15, -0.1) is 0 Å². The molecule has 1 aliphatic rings. The number of carbonyl (C=O) groups excluding carboxylic acids is 1. The molecule has 0 aliphatic heterocycles. The number of fused-ring (bicyclic) bond motifs is 1. The Morgan fingerprint density at radius 1 is 1.53 bits per heavy atom. The molecule has 5 nitrogen and oxygen atoms in total. The maximum Gasteiger partial charge on any atom is 0.226 e. The van der Waals surface area contributed by atoms with E-state index < -0.39 is 0 Å². The third-order valence-electron chi connectivity index (χ3n) is 3.64. The maximum absolute atomic E-state index is 11.9. The van der Waals surface area contributed by atoms with Crippen LogP contribution in [0.1, 0.15) is 31.6 Å². The molecule has 0 saturated heterocycles. The topological polar surface area (TPSA) is 81.2 Å². The molecule has 1 aliphatic carbocycles. The third-order valence-corrected chi connectivity index (χ3v) is 3.64. The number of oxazole rings is 1. The molecule has 1 amide bonds. The molecule has 1 aromatic heterocycles. The van der Waals surface area contributed by atoms with Gasteiger partial charge < -0.3 is 15.5 Å². The molecule has 3 rings (SSSR count). The number of amides is 1. The number of hydrogen-bond acceptors (Lipinski definition) is 4. The predicted molar refractivity (Wildman–Crippen MR) is 72.8 cm³/mol. The summed E-state index contributed by atoms with van der Waals surface area (Å²) in [4.78, 5) is 16.2. The summed E-state index contributed by atoms with van der Waals surface area (Å²) in [5.74, 6) is 0.579. The first-order chi connectivity index (χ1) is 9.04. The molecule has 1 fully saturated rings. The van der Waals surface area contributed by atoms with Crippen LogP contribution in [0.2, 0.25) is 0 Å². The Hall–Kier alpha value is -1.88. The number of nitrogens with two attached hydrogens (primary N) is 1. The number of aromatic nitrogens is 1. The molecule has 0 spiro atoms. The van der Waals surface area contributed by atoms with Gasteiger partial charge in [0.1, 0.15) is 5.52 Å². The number of anilines is 1. The summed E-state index contributed by atoms with van der Waals surface area (Å²) >= 11 is 0. The van der Waals surface area contributed by atoms with Crippen LogP contribution in [-0.2, 0) is 4.79 Å². The van der Waals surface area contributed by atoms with E-state index in [4.69, 9.17) is 10.2 Å². The number of nitrogens with one attached hydrogen (secondary N) is 1. The molecule has 5 heteroatoms. The van der Waals surface area contributed by atoms with E-state index in [-0.39, 0.29) is 11.4 Å². The second-order valence-corrected chi connectivity index (χ2v) is 5.36. The lowest BCUT2D eigenvalue weighted by atomic mass is 9.75. The summed E-state index contributed by atoms with van der Waals surface area (Å²) < 4.78 is 5.39. The normalized spacial score (nSPS) is 17.2. The van der Waals surface area contributed by atoms with Crippen molar-refractivity contribution in [2.45, 2.75) is 38.1 Å². The summed E-state index contributed by atoms with van der Waals surface area (Å²) in [6.07, 6.45) is 3.36. The van der Waals surface area contributed by atoms with Crippen molar-refractivity contribution in [3.05, 3.63) is 24.1 Å². The number of hydrogen-bond donors (Lipinski definition) is 2. The lowest BCUT2D eigenvalue weighted by Crippen LogP contribution is -2.48. The van der Waals surface area contributed by atoms with Gasteiger partial charge >= 0.3 is 0 Å². The van der Waals surface area contributed by atoms with Gasteiger partial charge in [0, 0.05) is 24.6 Å². The Labute approximate surface area is 111 Å². The zero-order valence-corrected chi connectivity index (χ0v) is 10.9. The van der Waals surface area contributed by atoms with Gasteiger partial charge in [0.15, 0.2) is 11.5 Å². The average molecular weight is 259 g/mol. The molecular formula is C14H17N3O2. The van der Waals surface area contributed by atoms with Gasteiger partial charge in [0.05, 0.1) is 0 Å². The molecule has 0 bridgehead atoms. The van der Waals surface area contributed by atoms with E-state index in [0.29, 0.717) is 12.3 Å². The second kappa shape index (κ2) is 4.35. The van der Waals surface area contributed by atoms with Crippen LogP contribution in [0, 0.1) is 6.92 Å². The quantitative estimate of drug-likeness (QED) is 0.886. The molecule has 1 saturated carbocycles.